The van der Waals surface area contributed by atoms with E-state index < -0.39 is 0 Å². The van der Waals surface area contributed by atoms with E-state index in [0.29, 0.717) is 41.1 Å². The summed E-state index contributed by atoms with van der Waals surface area (Å²) in [6, 6.07) is 20.0. The molecule has 3 N–H and O–H groups in total. The lowest BCUT2D eigenvalue weighted by Crippen LogP contribution is -2.35. The Morgan fingerprint density at radius 3 is 2.19 bits per heavy atom. The highest BCUT2D eigenvalue weighted by molar-refractivity contribution is 6.39. The molecule has 250 valence electrons. The molecule has 48 heavy (non-hydrogen) atoms. The van der Waals surface area contributed by atoms with Crippen LogP contribution < -0.4 is 20.7 Å². The minimum absolute atomic E-state index is 0.106. The van der Waals surface area contributed by atoms with Gasteiger partial charge in [-0.15, -0.1) is 0 Å². The molecule has 2 aromatic carbocycles. The number of carbonyl (C=O) groups excluding carboxylic acids is 1. The largest absolute Gasteiger partial charge is 0.481 e. The molecule has 11 heteroatoms. The van der Waals surface area contributed by atoms with Gasteiger partial charge in [-0.2, -0.15) is 0 Å². The van der Waals surface area contributed by atoms with E-state index in [0.717, 1.165) is 64.1 Å². The lowest BCUT2D eigenvalue weighted by Gasteiger charge is -2.15. The van der Waals surface area contributed by atoms with E-state index in [9.17, 15) is 4.79 Å². The van der Waals surface area contributed by atoms with Crippen LogP contribution >= 0.6 is 23.2 Å². The zero-order valence-corrected chi connectivity index (χ0v) is 29.1. The first kappa shape index (κ1) is 33.9. The van der Waals surface area contributed by atoms with Crippen LogP contribution in [-0.4, -0.2) is 59.9 Å². The van der Waals surface area contributed by atoms with E-state index in [1.54, 1.807) is 14.2 Å². The number of halogens is 2. The van der Waals surface area contributed by atoms with Gasteiger partial charge in [-0.25, -0.2) is 9.97 Å². The first-order valence-corrected chi connectivity index (χ1v) is 16.8. The molecule has 2 atom stereocenters. The van der Waals surface area contributed by atoms with E-state index in [2.05, 4.69) is 28.2 Å². The van der Waals surface area contributed by atoms with Crippen molar-refractivity contribution >= 4 is 40.1 Å². The number of aryl methyl sites for hydroxylation is 1. The summed E-state index contributed by atoms with van der Waals surface area (Å²) >= 11 is 14.2. The standard InChI is InChI=1S/C37H40Cl2N6O3/c1-22(47-3)17-40-19-24-21-45(2)36-26(24)13-15-31(43-36)29-9-5-7-27(34(29)38)28-8-6-10-30(35(28)39)32-14-11-23(37(44-32)48-4)18-41-20-25-12-16-33(46)42-25/h5-11,13-15,21-22,25,40-41H,12,16-20H2,1-4H3,(H,42,46)/t22?,25-/m0/s1. The number of methoxy groups -OCH3 is 2. The fourth-order valence-corrected chi connectivity index (χ4v) is 6.78. The normalized spacial score (nSPS) is 15.2. The van der Waals surface area contributed by atoms with Gasteiger partial charge in [-0.05, 0) is 37.1 Å². The third kappa shape index (κ3) is 7.21. The van der Waals surface area contributed by atoms with Gasteiger partial charge in [-0.1, -0.05) is 65.7 Å². The van der Waals surface area contributed by atoms with Gasteiger partial charge < -0.3 is 30.0 Å². The summed E-state index contributed by atoms with van der Waals surface area (Å²) in [6.45, 7) is 4.77. The average molecular weight is 688 g/mol. The van der Waals surface area contributed by atoms with Crippen molar-refractivity contribution < 1.29 is 14.3 Å². The molecule has 0 aliphatic carbocycles. The number of nitrogens with zero attached hydrogens (tertiary/aromatic N) is 3. The number of pyridine rings is 2. The molecule has 1 aliphatic rings. The maximum absolute atomic E-state index is 11.5. The van der Waals surface area contributed by atoms with Crippen molar-refractivity contribution in [2.24, 2.45) is 7.05 Å². The molecular formula is C37H40Cl2N6O3. The van der Waals surface area contributed by atoms with Gasteiger partial charge >= 0.3 is 0 Å². The predicted molar refractivity (Wildman–Crippen MR) is 192 cm³/mol. The Kier molecular flexibility index (Phi) is 10.6. The number of rotatable bonds is 13. The fraction of sp³-hybridized carbons (Fsp3) is 0.324. The van der Waals surface area contributed by atoms with Crippen LogP contribution in [0.25, 0.3) is 44.7 Å². The molecule has 1 saturated heterocycles. The number of ether oxygens (including phenoxy) is 2. The summed E-state index contributed by atoms with van der Waals surface area (Å²) in [5.41, 5.74) is 7.63. The number of amides is 1. The minimum Gasteiger partial charge on any atom is -0.481 e. The average Bonchev–Trinajstić information content (AvgIpc) is 3.66. The number of benzene rings is 2. The zero-order chi connectivity index (χ0) is 33.8. The Morgan fingerprint density at radius 1 is 0.896 bits per heavy atom. The van der Waals surface area contributed by atoms with Gasteiger partial charge in [0.15, 0.2) is 0 Å². The summed E-state index contributed by atoms with van der Waals surface area (Å²) in [5.74, 6) is 0.622. The molecule has 9 nitrogen and oxygen atoms in total. The van der Waals surface area contributed by atoms with Crippen molar-refractivity contribution in [1.82, 2.24) is 30.5 Å². The van der Waals surface area contributed by atoms with Crippen molar-refractivity contribution in [2.45, 2.75) is 45.0 Å². The van der Waals surface area contributed by atoms with Crippen molar-refractivity contribution in [3.05, 3.63) is 88.0 Å². The van der Waals surface area contributed by atoms with E-state index in [-0.39, 0.29) is 18.1 Å². The maximum atomic E-state index is 11.5. The minimum atomic E-state index is 0.106. The van der Waals surface area contributed by atoms with Gasteiger partial charge in [-0.3, -0.25) is 4.79 Å². The maximum Gasteiger partial charge on any atom is 0.220 e. The first-order chi connectivity index (χ1) is 23.3. The molecule has 4 heterocycles. The van der Waals surface area contributed by atoms with Crippen LogP contribution in [0.4, 0.5) is 0 Å². The lowest BCUT2D eigenvalue weighted by molar-refractivity contribution is -0.119. The number of fused-ring (bicyclic) bond motifs is 1. The van der Waals surface area contributed by atoms with Crippen LogP contribution in [0, 0.1) is 0 Å². The quantitative estimate of drug-likeness (QED) is 0.126. The molecule has 1 unspecified atom stereocenters. The topological polar surface area (TPSA) is 102 Å². The van der Waals surface area contributed by atoms with Crippen LogP contribution in [0.15, 0.2) is 66.9 Å². The summed E-state index contributed by atoms with van der Waals surface area (Å²) in [7, 11) is 5.33. The van der Waals surface area contributed by atoms with Crippen LogP contribution in [-0.2, 0) is 29.7 Å². The second kappa shape index (κ2) is 15.1. The second-order valence-electron chi connectivity index (χ2n) is 12.1. The number of hydrogen-bond acceptors (Lipinski definition) is 7. The van der Waals surface area contributed by atoms with Gasteiger partial charge in [0.05, 0.1) is 34.6 Å². The third-order valence-electron chi connectivity index (χ3n) is 8.82. The monoisotopic (exact) mass is 686 g/mol. The molecular weight excluding hydrogens is 647 g/mol. The molecule has 3 aromatic heterocycles. The van der Waals surface area contributed by atoms with Crippen molar-refractivity contribution in [3.8, 4) is 39.5 Å². The highest BCUT2D eigenvalue weighted by atomic mass is 35.5. The van der Waals surface area contributed by atoms with Crippen LogP contribution in [0.3, 0.4) is 0 Å². The fourth-order valence-electron chi connectivity index (χ4n) is 6.13. The molecule has 0 spiro atoms. The molecule has 0 saturated carbocycles. The van der Waals surface area contributed by atoms with Gasteiger partial charge in [0.1, 0.15) is 5.65 Å². The van der Waals surface area contributed by atoms with Crippen LogP contribution in [0.1, 0.15) is 30.9 Å². The smallest absolute Gasteiger partial charge is 0.220 e. The molecule has 1 fully saturated rings. The van der Waals surface area contributed by atoms with Crippen LogP contribution in [0.2, 0.25) is 10.0 Å². The van der Waals surface area contributed by atoms with Gasteiger partial charge in [0.2, 0.25) is 11.8 Å². The zero-order valence-electron chi connectivity index (χ0n) is 27.6. The summed E-state index contributed by atoms with van der Waals surface area (Å²) in [6.07, 6.45) is 3.67. The van der Waals surface area contributed by atoms with Crippen molar-refractivity contribution in [3.63, 3.8) is 0 Å². The van der Waals surface area contributed by atoms with Crippen molar-refractivity contribution in [2.75, 3.05) is 27.3 Å². The highest BCUT2D eigenvalue weighted by Gasteiger charge is 2.21. The second-order valence-corrected chi connectivity index (χ2v) is 12.9. The molecule has 1 aliphatic heterocycles. The summed E-state index contributed by atoms with van der Waals surface area (Å²) in [4.78, 5) is 21.3. The molecule has 0 bridgehead atoms. The Balaban J connectivity index is 1.25. The number of nitrogens with one attached hydrogen (secondary N) is 3. The van der Waals surface area contributed by atoms with E-state index in [1.165, 1.54) is 5.56 Å². The SMILES string of the molecule is COc1nc(-c2cccc(-c3cccc(-c4ccc5c(CNCC(C)OC)cn(C)c5n4)c3Cl)c2Cl)ccc1CNC[C@@H]1CCC(=O)N1. The lowest BCUT2D eigenvalue weighted by atomic mass is 9.98. The summed E-state index contributed by atoms with van der Waals surface area (Å²) in [5, 5.41) is 12.0. The molecule has 0 radical (unpaired) electrons. The third-order valence-corrected chi connectivity index (χ3v) is 9.63. The van der Waals surface area contributed by atoms with Gasteiger partial charge in [0, 0.05) is 92.2 Å². The molecule has 5 aromatic rings. The number of hydrogen-bond donors (Lipinski definition) is 3. The Labute approximate surface area is 291 Å². The van der Waals surface area contributed by atoms with E-state index >= 15 is 0 Å². The first-order valence-electron chi connectivity index (χ1n) is 16.1. The summed E-state index contributed by atoms with van der Waals surface area (Å²) < 4.78 is 13.1. The Morgan fingerprint density at radius 2 is 1.54 bits per heavy atom. The molecule has 6 rings (SSSR count). The molecule has 1 amide bonds. The van der Waals surface area contributed by atoms with E-state index in [1.807, 2.05) is 73.1 Å². The van der Waals surface area contributed by atoms with E-state index in [4.69, 9.17) is 42.6 Å². The Hall–Kier alpha value is -3.99. The Bertz CT molecular complexity index is 1940. The number of aromatic nitrogens is 3. The van der Waals surface area contributed by atoms with Crippen LogP contribution in [0.5, 0.6) is 5.88 Å². The predicted octanol–water partition coefficient (Wildman–Crippen LogP) is 6.78. The number of carbonyl (C=O) groups is 1. The van der Waals surface area contributed by atoms with Crippen molar-refractivity contribution in [1.29, 1.82) is 0 Å². The highest BCUT2D eigenvalue weighted by Crippen LogP contribution is 2.42. The van der Waals surface area contributed by atoms with Gasteiger partial charge in [0.25, 0.3) is 0 Å².